The van der Waals surface area contributed by atoms with Crippen LogP contribution < -0.4 is 5.32 Å². The number of amides is 1. The lowest BCUT2D eigenvalue weighted by Crippen LogP contribution is -2.13. The number of benzene rings is 3. The van der Waals surface area contributed by atoms with Crippen molar-refractivity contribution in [2.24, 2.45) is 0 Å². The number of hydrogen-bond donors (Lipinski definition) is 1. The Labute approximate surface area is 196 Å². The molecule has 162 valence electrons. The van der Waals surface area contributed by atoms with E-state index in [1.54, 1.807) is 22.2 Å². The number of rotatable bonds is 5. The molecule has 33 heavy (non-hydrogen) atoms. The molecule has 0 spiro atoms. The van der Waals surface area contributed by atoms with Crippen molar-refractivity contribution in [3.05, 3.63) is 107 Å². The first-order chi connectivity index (χ1) is 16.1. The third kappa shape index (κ3) is 4.21. The Hall–Kier alpha value is -4.03. The molecule has 0 radical (unpaired) electrons. The van der Waals surface area contributed by atoms with E-state index < -0.39 is 0 Å². The van der Waals surface area contributed by atoms with Crippen molar-refractivity contribution in [2.45, 2.75) is 13.8 Å². The molecule has 2 aromatic heterocycles. The maximum absolute atomic E-state index is 12.9. The van der Waals surface area contributed by atoms with Crippen LogP contribution in [0.3, 0.4) is 0 Å². The first-order valence-corrected chi connectivity index (χ1v) is 11.5. The highest BCUT2D eigenvalue weighted by atomic mass is 32.1. The molecule has 0 bridgehead atoms. The zero-order valence-electron chi connectivity index (χ0n) is 18.3. The van der Waals surface area contributed by atoms with Crippen LogP contribution in [0.1, 0.15) is 20.9 Å². The van der Waals surface area contributed by atoms with Crippen molar-refractivity contribution in [1.82, 2.24) is 14.8 Å². The smallest absolute Gasteiger partial charge is 0.259 e. The van der Waals surface area contributed by atoms with Gasteiger partial charge in [0.2, 0.25) is 0 Å². The monoisotopic (exact) mass is 450 g/mol. The average Bonchev–Trinajstić information content (AvgIpc) is 3.43. The Bertz CT molecular complexity index is 1400. The fraction of sp³-hybridized carbons (Fsp3) is 0.0741. The van der Waals surface area contributed by atoms with Crippen molar-refractivity contribution in [2.75, 3.05) is 5.32 Å². The number of carbonyl (C=O) groups is 1. The quantitative estimate of drug-likeness (QED) is 0.331. The van der Waals surface area contributed by atoms with Crippen LogP contribution in [0.5, 0.6) is 0 Å². The maximum Gasteiger partial charge on any atom is 0.259 e. The van der Waals surface area contributed by atoms with Crippen LogP contribution in [0.15, 0.2) is 91.1 Å². The van der Waals surface area contributed by atoms with Crippen LogP contribution in [-0.2, 0) is 0 Å². The second kappa shape index (κ2) is 8.84. The molecule has 0 saturated carbocycles. The van der Waals surface area contributed by atoms with Crippen molar-refractivity contribution in [3.8, 4) is 27.5 Å². The Morgan fingerprint density at radius 1 is 0.848 bits per heavy atom. The molecule has 0 aliphatic heterocycles. The van der Waals surface area contributed by atoms with Gasteiger partial charge < -0.3 is 5.32 Å². The van der Waals surface area contributed by atoms with E-state index in [2.05, 4.69) is 29.5 Å². The van der Waals surface area contributed by atoms with Crippen LogP contribution in [-0.4, -0.2) is 20.7 Å². The molecule has 1 N–H and O–H groups in total. The molecular formula is C27H22N4OS. The Kier molecular flexibility index (Phi) is 5.59. The minimum atomic E-state index is -0.182. The summed E-state index contributed by atoms with van der Waals surface area (Å²) in [6.07, 6.45) is 1.61. The Balaban J connectivity index is 1.34. The molecule has 0 aliphatic rings. The van der Waals surface area contributed by atoms with E-state index >= 15 is 0 Å². The number of carbonyl (C=O) groups excluding carboxylic acids is 1. The van der Waals surface area contributed by atoms with Gasteiger partial charge in [-0.2, -0.15) is 5.10 Å². The van der Waals surface area contributed by atoms with E-state index in [0.717, 1.165) is 43.8 Å². The van der Waals surface area contributed by atoms with Gasteiger partial charge in [-0.1, -0.05) is 60.7 Å². The largest absolute Gasteiger partial charge is 0.322 e. The lowest BCUT2D eigenvalue weighted by molar-refractivity contribution is 0.102. The maximum atomic E-state index is 12.9. The van der Waals surface area contributed by atoms with E-state index in [0.29, 0.717) is 5.56 Å². The van der Waals surface area contributed by atoms with Crippen LogP contribution >= 0.6 is 11.3 Å². The summed E-state index contributed by atoms with van der Waals surface area (Å²) in [5.74, 6) is -0.182. The van der Waals surface area contributed by atoms with E-state index in [4.69, 9.17) is 4.98 Å². The van der Waals surface area contributed by atoms with Gasteiger partial charge in [0.15, 0.2) is 0 Å². The zero-order valence-corrected chi connectivity index (χ0v) is 19.1. The third-order valence-electron chi connectivity index (χ3n) is 5.49. The summed E-state index contributed by atoms with van der Waals surface area (Å²) < 4.78 is 1.77. The van der Waals surface area contributed by atoms with E-state index in [9.17, 15) is 4.79 Å². The zero-order chi connectivity index (χ0) is 22.8. The number of nitrogens with zero attached hydrogens (tertiary/aromatic N) is 3. The number of para-hydroxylation sites is 1. The van der Waals surface area contributed by atoms with E-state index in [1.165, 1.54) is 0 Å². The molecule has 1 amide bonds. The van der Waals surface area contributed by atoms with Crippen molar-refractivity contribution in [3.63, 3.8) is 0 Å². The number of aryl methyl sites for hydroxylation is 1. The normalized spacial score (nSPS) is 10.8. The first-order valence-electron chi connectivity index (χ1n) is 10.6. The molecule has 5 nitrogen and oxygen atoms in total. The van der Waals surface area contributed by atoms with Crippen LogP contribution in [0.4, 0.5) is 5.69 Å². The van der Waals surface area contributed by atoms with Gasteiger partial charge in [-0.05, 0) is 38.1 Å². The molecular weight excluding hydrogens is 428 g/mol. The van der Waals surface area contributed by atoms with Crippen LogP contribution in [0.25, 0.3) is 27.5 Å². The summed E-state index contributed by atoms with van der Waals surface area (Å²) in [4.78, 5) is 18.9. The average molecular weight is 451 g/mol. The van der Waals surface area contributed by atoms with Gasteiger partial charge in [-0.15, -0.1) is 11.3 Å². The molecule has 5 rings (SSSR count). The van der Waals surface area contributed by atoms with E-state index in [-0.39, 0.29) is 5.91 Å². The fourth-order valence-electron chi connectivity index (χ4n) is 3.74. The minimum Gasteiger partial charge on any atom is -0.322 e. The lowest BCUT2D eigenvalue weighted by atomic mass is 10.1. The van der Waals surface area contributed by atoms with Gasteiger partial charge in [-0.25, -0.2) is 9.67 Å². The molecule has 6 heteroatoms. The van der Waals surface area contributed by atoms with Gasteiger partial charge in [0.1, 0.15) is 5.01 Å². The summed E-state index contributed by atoms with van der Waals surface area (Å²) in [7, 11) is 0. The summed E-state index contributed by atoms with van der Waals surface area (Å²) in [6.45, 7) is 3.98. The second-order valence-corrected chi connectivity index (χ2v) is 8.92. The fourth-order valence-corrected chi connectivity index (χ4v) is 4.68. The molecule has 3 aromatic carbocycles. The van der Waals surface area contributed by atoms with Crippen molar-refractivity contribution in [1.29, 1.82) is 0 Å². The van der Waals surface area contributed by atoms with Crippen molar-refractivity contribution < 1.29 is 4.79 Å². The topological polar surface area (TPSA) is 59.8 Å². The SMILES string of the molecule is Cc1sc(-c2ccccc2)nc1-c1ccc(NC(=O)c2cnn(-c3ccccc3)c2C)cc1. The summed E-state index contributed by atoms with van der Waals surface area (Å²) in [5.41, 5.74) is 6.10. The van der Waals surface area contributed by atoms with Gasteiger partial charge in [0.25, 0.3) is 5.91 Å². The minimum absolute atomic E-state index is 0.182. The third-order valence-corrected chi connectivity index (χ3v) is 6.51. The lowest BCUT2D eigenvalue weighted by Gasteiger charge is -2.07. The summed E-state index contributed by atoms with van der Waals surface area (Å²) in [5, 5.41) is 8.37. The number of aromatic nitrogens is 3. The molecule has 0 unspecified atom stereocenters. The van der Waals surface area contributed by atoms with Gasteiger partial charge >= 0.3 is 0 Å². The number of nitrogens with one attached hydrogen (secondary N) is 1. The molecule has 0 saturated heterocycles. The predicted molar refractivity (Wildman–Crippen MR) is 134 cm³/mol. The highest BCUT2D eigenvalue weighted by Crippen LogP contribution is 2.33. The highest BCUT2D eigenvalue weighted by Gasteiger charge is 2.16. The van der Waals surface area contributed by atoms with Gasteiger partial charge in [0, 0.05) is 21.7 Å². The number of thiazole rings is 1. The van der Waals surface area contributed by atoms with Crippen LogP contribution in [0, 0.1) is 13.8 Å². The van der Waals surface area contributed by atoms with Gasteiger partial charge in [0.05, 0.1) is 28.8 Å². The van der Waals surface area contributed by atoms with Gasteiger partial charge in [-0.3, -0.25) is 4.79 Å². The second-order valence-electron chi connectivity index (χ2n) is 7.71. The number of hydrogen-bond acceptors (Lipinski definition) is 4. The van der Waals surface area contributed by atoms with Crippen molar-refractivity contribution >= 4 is 22.9 Å². The summed E-state index contributed by atoms with van der Waals surface area (Å²) in [6, 6.07) is 27.8. The molecule has 0 atom stereocenters. The summed E-state index contributed by atoms with van der Waals surface area (Å²) >= 11 is 1.69. The van der Waals surface area contributed by atoms with E-state index in [1.807, 2.05) is 79.7 Å². The number of anilines is 1. The van der Waals surface area contributed by atoms with Crippen LogP contribution in [0.2, 0.25) is 0 Å². The Morgan fingerprint density at radius 3 is 2.21 bits per heavy atom. The Morgan fingerprint density at radius 2 is 1.52 bits per heavy atom. The molecule has 0 aliphatic carbocycles. The molecule has 2 heterocycles. The first kappa shape index (κ1) is 20.8. The highest BCUT2D eigenvalue weighted by molar-refractivity contribution is 7.15. The standard InChI is InChI=1S/C27H22N4OS/c1-18-24(17-28-31(18)23-11-7-4-8-12-23)26(32)29-22-15-13-20(14-16-22)25-19(2)33-27(30-25)21-9-5-3-6-10-21/h3-17H,1-2H3,(H,29,32). The predicted octanol–water partition coefficient (Wildman–Crippen LogP) is 6.53. The molecule has 0 fully saturated rings. The molecule has 5 aromatic rings.